The maximum Gasteiger partial charge on any atom is 0.118 e. The molecule has 1 nitrogen and oxygen atoms in total. The lowest BCUT2D eigenvalue weighted by molar-refractivity contribution is 0.415. The van der Waals surface area contributed by atoms with Crippen LogP contribution >= 0.6 is 23.1 Å². The van der Waals surface area contributed by atoms with Gasteiger partial charge >= 0.3 is 0 Å². The molecule has 0 radical (unpaired) electrons. The van der Waals surface area contributed by atoms with Crippen LogP contribution in [0.15, 0.2) is 46.0 Å². The van der Waals surface area contributed by atoms with Crippen molar-refractivity contribution in [3.63, 3.8) is 0 Å². The van der Waals surface area contributed by atoms with E-state index in [1.165, 1.54) is 4.90 Å². The Bertz CT molecular complexity index is 489. The maximum atomic E-state index is 5.08. The minimum atomic E-state index is 0.857. The van der Waals surface area contributed by atoms with Crippen LogP contribution < -0.4 is 4.74 Å². The summed E-state index contributed by atoms with van der Waals surface area (Å²) in [5, 5.41) is 7.22. The number of hydrogen-bond acceptors (Lipinski definition) is 3. The number of benzene rings is 1. The fraction of sp³-hybridized carbons (Fsp3) is 0.0769. The van der Waals surface area contributed by atoms with E-state index in [9.17, 15) is 0 Å². The first-order valence-corrected chi connectivity index (χ1v) is 6.48. The molecule has 80 valence electrons. The number of thioether (sulfide) groups is 1. The molecule has 0 saturated carbocycles. The first-order valence-electron chi connectivity index (χ1n) is 4.72. The molecule has 0 atom stereocenters. The summed E-state index contributed by atoms with van der Waals surface area (Å²) in [7, 11) is 1.66. The van der Waals surface area contributed by atoms with Crippen LogP contribution in [0.5, 0.6) is 5.75 Å². The Labute approximate surface area is 103 Å². The van der Waals surface area contributed by atoms with Gasteiger partial charge in [0.2, 0.25) is 0 Å². The van der Waals surface area contributed by atoms with Gasteiger partial charge in [0.15, 0.2) is 0 Å². The van der Waals surface area contributed by atoms with E-state index in [-0.39, 0.29) is 0 Å². The fourth-order valence-corrected chi connectivity index (χ4v) is 2.51. The summed E-state index contributed by atoms with van der Waals surface area (Å²) in [6.45, 7) is 0. The molecule has 2 rings (SSSR count). The summed E-state index contributed by atoms with van der Waals surface area (Å²) >= 11 is 3.24. The van der Waals surface area contributed by atoms with E-state index in [0.717, 1.165) is 11.3 Å². The van der Waals surface area contributed by atoms with Gasteiger partial charge in [-0.2, -0.15) is 11.3 Å². The first kappa shape index (κ1) is 11.1. The highest BCUT2D eigenvalue weighted by Crippen LogP contribution is 2.19. The Kier molecular flexibility index (Phi) is 3.92. The molecule has 1 aromatic heterocycles. The average molecular weight is 246 g/mol. The molecule has 16 heavy (non-hydrogen) atoms. The molecule has 0 unspecified atom stereocenters. The minimum absolute atomic E-state index is 0.857. The molecule has 0 amide bonds. The van der Waals surface area contributed by atoms with Gasteiger partial charge in [-0.15, -0.1) is 0 Å². The second kappa shape index (κ2) is 5.64. The number of methoxy groups -OCH3 is 1. The molecule has 0 bridgehead atoms. The molecule has 0 aliphatic carbocycles. The first-order chi connectivity index (χ1) is 7.88. The lowest BCUT2D eigenvalue weighted by atomic mass is 10.2. The third-order valence-corrected chi connectivity index (χ3v) is 3.48. The standard InChI is InChI=1S/C13H10OS2/c1-14-12-4-2-11(3-5-12)6-9-16-13-7-8-15-10-13/h2-5,7-8,10H,1H3. The largest absolute Gasteiger partial charge is 0.497 e. The second-order valence-electron chi connectivity index (χ2n) is 3.02. The van der Waals surface area contributed by atoms with Crippen molar-refractivity contribution in [2.24, 2.45) is 0 Å². The van der Waals surface area contributed by atoms with Crippen molar-refractivity contribution in [3.05, 3.63) is 46.7 Å². The van der Waals surface area contributed by atoms with Crippen LogP contribution in [0.25, 0.3) is 0 Å². The van der Waals surface area contributed by atoms with Crippen molar-refractivity contribution in [1.82, 2.24) is 0 Å². The fourth-order valence-electron chi connectivity index (χ4n) is 1.13. The van der Waals surface area contributed by atoms with Crippen LogP contribution in [0.3, 0.4) is 0 Å². The van der Waals surface area contributed by atoms with E-state index >= 15 is 0 Å². The third-order valence-electron chi connectivity index (χ3n) is 1.95. The van der Waals surface area contributed by atoms with Gasteiger partial charge < -0.3 is 4.74 Å². The Balaban J connectivity index is 2.01. The van der Waals surface area contributed by atoms with E-state index in [1.807, 2.05) is 24.3 Å². The van der Waals surface area contributed by atoms with Crippen LogP contribution in [0.4, 0.5) is 0 Å². The van der Waals surface area contributed by atoms with Crippen LogP contribution in [-0.4, -0.2) is 7.11 Å². The predicted molar refractivity (Wildman–Crippen MR) is 70.0 cm³/mol. The zero-order chi connectivity index (χ0) is 11.2. The number of ether oxygens (including phenoxy) is 1. The molecule has 1 aromatic carbocycles. The predicted octanol–water partition coefficient (Wildman–Crippen LogP) is 3.86. The number of thiophene rings is 1. The van der Waals surface area contributed by atoms with Crippen molar-refractivity contribution >= 4 is 23.1 Å². The van der Waals surface area contributed by atoms with Crippen LogP contribution in [0.2, 0.25) is 0 Å². The molecule has 0 spiro atoms. The third kappa shape index (κ3) is 3.06. The van der Waals surface area contributed by atoms with Crippen molar-refractivity contribution in [1.29, 1.82) is 0 Å². The Morgan fingerprint density at radius 3 is 2.62 bits per heavy atom. The molecule has 3 heteroatoms. The highest BCUT2D eigenvalue weighted by atomic mass is 32.2. The van der Waals surface area contributed by atoms with Gasteiger partial charge in [-0.25, -0.2) is 0 Å². The van der Waals surface area contributed by atoms with E-state index < -0.39 is 0 Å². The summed E-state index contributed by atoms with van der Waals surface area (Å²) < 4.78 is 5.08. The van der Waals surface area contributed by atoms with Gasteiger partial charge in [0.05, 0.1) is 7.11 Å². The zero-order valence-corrected chi connectivity index (χ0v) is 10.4. The Morgan fingerprint density at radius 2 is 2.00 bits per heavy atom. The highest BCUT2D eigenvalue weighted by molar-refractivity contribution is 8.04. The van der Waals surface area contributed by atoms with Gasteiger partial charge in [0, 0.05) is 15.8 Å². The van der Waals surface area contributed by atoms with Gasteiger partial charge in [0.1, 0.15) is 5.75 Å². The van der Waals surface area contributed by atoms with Gasteiger partial charge in [0.25, 0.3) is 0 Å². The second-order valence-corrected chi connectivity index (χ2v) is 4.68. The van der Waals surface area contributed by atoms with E-state index in [1.54, 1.807) is 30.2 Å². The van der Waals surface area contributed by atoms with Crippen LogP contribution in [0.1, 0.15) is 5.56 Å². The van der Waals surface area contributed by atoms with E-state index in [0.29, 0.717) is 0 Å². The Morgan fingerprint density at radius 1 is 1.19 bits per heavy atom. The lowest BCUT2D eigenvalue weighted by Gasteiger charge is -1.97. The normalized spacial score (nSPS) is 9.31. The SMILES string of the molecule is COc1ccc(C#CSc2ccsc2)cc1. The van der Waals surface area contributed by atoms with E-state index in [2.05, 4.69) is 28.0 Å². The summed E-state index contributed by atoms with van der Waals surface area (Å²) in [5.74, 6) is 3.95. The smallest absolute Gasteiger partial charge is 0.118 e. The minimum Gasteiger partial charge on any atom is -0.497 e. The molecule has 1 heterocycles. The molecule has 0 aliphatic heterocycles. The monoisotopic (exact) mass is 246 g/mol. The molecular weight excluding hydrogens is 236 g/mol. The van der Waals surface area contributed by atoms with Crippen molar-refractivity contribution in [2.45, 2.75) is 4.90 Å². The van der Waals surface area contributed by atoms with Gasteiger partial charge in [-0.1, -0.05) is 5.92 Å². The van der Waals surface area contributed by atoms with E-state index in [4.69, 9.17) is 4.74 Å². The number of hydrogen-bond donors (Lipinski definition) is 0. The molecular formula is C13H10OS2. The quantitative estimate of drug-likeness (QED) is 0.588. The summed E-state index contributed by atoms with van der Waals surface area (Å²) in [5.41, 5.74) is 1.00. The molecule has 0 N–H and O–H groups in total. The summed E-state index contributed by atoms with van der Waals surface area (Å²) in [6, 6.07) is 9.82. The lowest BCUT2D eigenvalue weighted by Crippen LogP contribution is -1.81. The highest BCUT2D eigenvalue weighted by Gasteiger charge is 1.91. The Hall–Kier alpha value is -1.37. The molecule has 2 aromatic rings. The van der Waals surface area contributed by atoms with Crippen LogP contribution in [-0.2, 0) is 0 Å². The summed E-state index contributed by atoms with van der Waals surface area (Å²) in [4.78, 5) is 1.20. The maximum absolute atomic E-state index is 5.08. The zero-order valence-electron chi connectivity index (χ0n) is 8.77. The van der Waals surface area contributed by atoms with Gasteiger partial charge in [-0.05, 0) is 52.7 Å². The van der Waals surface area contributed by atoms with Crippen LogP contribution in [0, 0.1) is 11.2 Å². The molecule has 0 saturated heterocycles. The van der Waals surface area contributed by atoms with Crippen molar-refractivity contribution in [3.8, 4) is 16.9 Å². The van der Waals surface area contributed by atoms with Gasteiger partial charge in [-0.3, -0.25) is 0 Å². The topological polar surface area (TPSA) is 9.23 Å². The van der Waals surface area contributed by atoms with Crippen molar-refractivity contribution in [2.75, 3.05) is 7.11 Å². The molecule has 0 fully saturated rings. The number of rotatable bonds is 2. The molecule has 0 aliphatic rings. The van der Waals surface area contributed by atoms with Crippen molar-refractivity contribution < 1.29 is 4.74 Å². The summed E-state index contributed by atoms with van der Waals surface area (Å²) in [6.07, 6.45) is 0. The average Bonchev–Trinajstić information content (AvgIpc) is 2.83.